The van der Waals surface area contributed by atoms with Gasteiger partial charge >= 0.3 is 0 Å². The van der Waals surface area contributed by atoms with Gasteiger partial charge in [0.05, 0.1) is 22.8 Å². The molecule has 2 fully saturated rings. The van der Waals surface area contributed by atoms with Crippen LogP contribution in [0.1, 0.15) is 60.6 Å². The van der Waals surface area contributed by atoms with Crippen LogP contribution >= 0.6 is 0 Å². The van der Waals surface area contributed by atoms with Crippen LogP contribution in [0.4, 0.5) is 21.7 Å². The Bertz CT molecular complexity index is 1190. The summed E-state index contributed by atoms with van der Waals surface area (Å²) >= 11 is 0. The fourth-order valence-corrected chi connectivity index (χ4v) is 4.49. The Morgan fingerprint density at radius 2 is 1.94 bits per heavy atom. The fourth-order valence-electron chi connectivity index (χ4n) is 4.49. The number of nitrogens with zero attached hydrogens (tertiary/aromatic N) is 3. The van der Waals surface area contributed by atoms with E-state index in [1.54, 1.807) is 0 Å². The highest BCUT2D eigenvalue weighted by Crippen LogP contribution is 2.38. The number of halogens is 1. The van der Waals surface area contributed by atoms with Crippen LogP contribution < -0.4 is 22.1 Å². The van der Waals surface area contributed by atoms with E-state index >= 15 is 0 Å². The molecule has 3 aromatic rings. The number of amides is 1. The smallest absolute Gasteiger partial charge is 0.252 e. The molecular weight excluding hydrogens is 409 g/mol. The Morgan fingerprint density at radius 3 is 2.66 bits per heavy atom. The van der Waals surface area contributed by atoms with Crippen molar-refractivity contribution >= 4 is 34.1 Å². The largest absolute Gasteiger partial charge is 0.365 e. The Balaban J connectivity index is 1.47. The molecule has 2 atom stereocenters. The van der Waals surface area contributed by atoms with Crippen molar-refractivity contribution in [1.82, 2.24) is 14.8 Å². The molecule has 1 amide bonds. The lowest BCUT2D eigenvalue weighted by molar-refractivity contribution is 0.100. The predicted octanol–water partition coefficient (Wildman–Crippen LogP) is 3.74. The van der Waals surface area contributed by atoms with Crippen LogP contribution in [0.25, 0.3) is 10.9 Å². The van der Waals surface area contributed by atoms with Gasteiger partial charge in [-0.05, 0) is 56.9 Å². The van der Waals surface area contributed by atoms with Gasteiger partial charge in [0.2, 0.25) is 0 Å². The van der Waals surface area contributed by atoms with E-state index in [0.29, 0.717) is 6.04 Å². The number of benzene rings is 1. The summed E-state index contributed by atoms with van der Waals surface area (Å²) < 4.78 is 16.8. The molecule has 9 heteroatoms. The van der Waals surface area contributed by atoms with Crippen molar-refractivity contribution in [2.24, 2.45) is 11.5 Å². The van der Waals surface area contributed by atoms with Gasteiger partial charge in [0, 0.05) is 23.2 Å². The lowest BCUT2D eigenvalue weighted by atomic mass is 9.91. The minimum absolute atomic E-state index is 0.00788. The number of carbonyl (C=O) groups is 1. The van der Waals surface area contributed by atoms with Crippen LogP contribution in [0.2, 0.25) is 0 Å². The van der Waals surface area contributed by atoms with Gasteiger partial charge in [0.15, 0.2) is 11.6 Å². The molecule has 6 N–H and O–H groups in total. The fraction of sp³-hybridized carbons (Fsp3) is 0.435. The standard InChI is InChI=1S/C23H28FN7O/c1-12-15-10-13(6-9-20(15)31(30-12)14-7-8-14)27-22-16(21(26)32)11-17(24)23(29-22)28-19-5-3-2-4-18(19)25/h6,9-11,14,18-19H,2-5,7-8,25H2,1H3,(H2,26,32)(H2,27,28,29)/t18-,19+/m0/s1. The third kappa shape index (κ3) is 3.88. The normalized spacial score (nSPS) is 21.0. The molecule has 2 aliphatic carbocycles. The summed E-state index contributed by atoms with van der Waals surface area (Å²) in [6.45, 7) is 1.98. The van der Waals surface area contributed by atoms with E-state index in [1.165, 1.54) is 0 Å². The molecule has 1 aromatic carbocycles. The molecule has 2 saturated carbocycles. The Labute approximate surface area is 185 Å². The maximum Gasteiger partial charge on any atom is 0.252 e. The van der Waals surface area contributed by atoms with Crippen molar-refractivity contribution in [1.29, 1.82) is 0 Å². The van der Waals surface area contributed by atoms with Crippen LogP contribution in [-0.2, 0) is 0 Å². The van der Waals surface area contributed by atoms with E-state index in [2.05, 4.69) is 25.4 Å². The number of hydrogen-bond acceptors (Lipinski definition) is 6. The Morgan fingerprint density at radius 1 is 1.16 bits per heavy atom. The average molecular weight is 438 g/mol. The number of anilines is 3. The van der Waals surface area contributed by atoms with Crippen molar-refractivity contribution in [3.8, 4) is 0 Å². The summed E-state index contributed by atoms with van der Waals surface area (Å²) in [6.07, 6.45) is 6.14. The molecule has 0 saturated heterocycles. The molecule has 8 nitrogen and oxygen atoms in total. The molecule has 32 heavy (non-hydrogen) atoms. The first kappa shape index (κ1) is 20.7. The highest BCUT2D eigenvalue weighted by Gasteiger charge is 2.27. The van der Waals surface area contributed by atoms with Crippen LogP contribution in [0.15, 0.2) is 24.3 Å². The monoisotopic (exact) mass is 437 g/mol. The zero-order chi connectivity index (χ0) is 22.4. The lowest BCUT2D eigenvalue weighted by Gasteiger charge is -2.30. The van der Waals surface area contributed by atoms with Gasteiger partial charge in [-0.2, -0.15) is 5.10 Å². The van der Waals surface area contributed by atoms with Gasteiger partial charge in [0.1, 0.15) is 5.82 Å². The molecule has 0 aliphatic heterocycles. The quantitative estimate of drug-likeness (QED) is 0.466. The predicted molar refractivity (Wildman–Crippen MR) is 123 cm³/mol. The molecule has 2 aromatic heterocycles. The third-order valence-electron chi connectivity index (χ3n) is 6.43. The van der Waals surface area contributed by atoms with Crippen LogP contribution in [0.3, 0.4) is 0 Å². The number of fused-ring (bicyclic) bond motifs is 1. The van der Waals surface area contributed by atoms with Gasteiger partial charge in [-0.15, -0.1) is 0 Å². The number of nitrogens with one attached hydrogen (secondary N) is 2. The van der Waals surface area contributed by atoms with E-state index in [9.17, 15) is 9.18 Å². The second-order valence-corrected chi connectivity index (χ2v) is 8.90. The summed E-state index contributed by atoms with van der Waals surface area (Å²) in [5.41, 5.74) is 14.4. The number of aromatic nitrogens is 3. The second kappa shape index (κ2) is 8.05. The van der Waals surface area contributed by atoms with Crippen molar-refractivity contribution in [3.05, 3.63) is 41.3 Å². The SMILES string of the molecule is Cc1nn(C2CC2)c2ccc(Nc3nc(N[C@@H]4CCCC[C@@H]4N)c(F)cc3C(N)=O)cc12. The molecule has 0 spiro atoms. The van der Waals surface area contributed by atoms with Gasteiger partial charge < -0.3 is 22.1 Å². The summed E-state index contributed by atoms with van der Waals surface area (Å²) in [5.74, 6) is -1.10. The van der Waals surface area contributed by atoms with Crippen molar-refractivity contribution < 1.29 is 9.18 Å². The molecular formula is C23H28FN7O. The highest BCUT2D eigenvalue weighted by atomic mass is 19.1. The number of nitrogens with two attached hydrogens (primary N) is 2. The number of rotatable bonds is 6. The number of aryl methyl sites for hydroxylation is 1. The molecule has 5 rings (SSSR count). The lowest BCUT2D eigenvalue weighted by Crippen LogP contribution is -2.43. The van der Waals surface area contributed by atoms with Gasteiger partial charge in [-0.25, -0.2) is 9.37 Å². The van der Waals surface area contributed by atoms with Crippen LogP contribution in [-0.4, -0.2) is 32.8 Å². The minimum atomic E-state index is -0.751. The first-order valence-electron chi connectivity index (χ1n) is 11.2. The van der Waals surface area contributed by atoms with E-state index in [0.717, 1.165) is 66.9 Å². The average Bonchev–Trinajstić information content (AvgIpc) is 3.56. The molecule has 2 aliphatic rings. The zero-order valence-corrected chi connectivity index (χ0v) is 18.1. The van der Waals surface area contributed by atoms with Crippen LogP contribution in [0, 0.1) is 12.7 Å². The second-order valence-electron chi connectivity index (χ2n) is 8.90. The van der Waals surface area contributed by atoms with Gasteiger partial charge in [0.25, 0.3) is 5.91 Å². The Hall–Kier alpha value is -3.20. The molecule has 0 bridgehead atoms. The van der Waals surface area contributed by atoms with Crippen molar-refractivity contribution in [2.45, 2.75) is 63.6 Å². The number of pyridine rings is 1. The maximum atomic E-state index is 14.7. The highest BCUT2D eigenvalue weighted by molar-refractivity contribution is 5.99. The Kier molecular flexibility index (Phi) is 5.21. The van der Waals surface area contributed by atoms with E-state index < -0.39 is 11.7 Å². The molecule has 2 heterocycles. The number of carbonyl (C=O) groups excluding carboxylic acids is 1. The van der Waals surface area contributed by atoms with E-state index in [1.807, 2.05) is 25.1 Å². The van der Waals surface area contributed by atoms with E-state index in [4.69, 9.17) is 11.5 Å². The summed E-state index contributed by atoms with van der Waals surface area (Å²) in [5, 5.41) is 12.0. The third-order valence-corrected chi connectivity index (χ3v) is 6.43. The topological polar surface area (TPSA) is 124 Å². The summed E-state index contributed by atoms with van der Waals surface area (Å²) in [6, 6.07) is 7.35. The first-order chi connectivity index (χ1) is 15.4. The first-order valence-corrected chi connectivity index (χ1v) is 11.2. The zero-order valence-electron chi connectivity index (χ0n) is 18.1. The van der Waals surface area contributed by atoms with Gasteiger partial charge in [-0.1, -0.05) is 12.8 Å². The minimum Gasteiger partial charge on any atom is -0.365 e. The van der Waals surface area contributed by atoms with Gasteiger partial charge in [-0.3, -0.25) is 9.48 Å². The van der Waals surface area contributed by atoms with E-state index in [-0.39, 0.29) is 29.3 Å². The van der Waals surface area contributed by atoms with Crippen molar-refractivity contribution in [3.63, 3.8) is 0 Å². The number of hydrogen-bond donors (Lipinski definition) is 4. The number of primary amides is 1. The van der Waals surface area contributed by atoms with Crippen molar-refractivity contribution in [2.75, 3.05) is 10.6 Å². The molecule has 168 valence electrons. The summed E-state index contributed by atoms with van der Waals surface area (Å²) in [4.78, 5) is 16.4. The van der Waals surface area contributed by atoms with Crippen LogP contribution in [0.5, 0.6) is 0 Å². The molecule has 0 unspecified atom stereocenters. The maximum absolute atomic E-state index is 14.7. The molecule has 0 radical (unpaired) electrons. The summed E-state index contributed by atoms with van der Waals surface area (Å²) in [7, 11) is 0.